The Hall–Kier alpha value is -2.00. The minimum absolute atomic E-state index is 0.142. The summed E-state index contributed by atoms with van der Waals surface area (Å²) >= 11 is 1.68. The van der Waals surface area contributed by atoms with Gasteiger partial charge in [-0.2, -0.15) is 0 Å². The molecule has 0 fully saturated rings. The largest absolute Gasteiger partial charge is 0.339 e. The molecule has 0 N–H and O–H groups in total. The van der Waals surface area contributed by atoms with Crippen molar-refractivity contribution in [2.45, 2.75) is 18.4 Å². The Labute approximate surface area is 128 Å². The van der Waals surface area contributed by atoms with Crippen molar-refractivity contribution in [2.24, 2.45) is 0 Å². The van der Waals surface area contributed by atoms with Gasteiger partial charge in [0.05, 0.1) is 6.54 Å². The Morgan fingerprint density at radius 1 is 1.10 bits per heavy atom. The first kappa shape index (κ1) is 14.0. The Morgan fingerprint density at radius 3 is 2.52 bits per heavy atom. The number of hydrogen-bond donors (Lipinski definition) is 0. The molecule has 0 aliphatic rings. The second-order valence-electron chi connectivity index (χ2n) is 5.11. The normalized spacial score (nSPS) is 11.0. The molecule has 0 amide bonds. The molecule has 0 bridgehead atoms. The lowest BCUT2D eigenvalue weighted by Gasteiger charge is -2.05. The number of thioether (sulfide) groups is 1. The van der Waals surface area contributed by atoms with Crippen LogP contribution in [-0.4, -0.2) is 16.6 Å². The lowest BCUT2D eigenvalue weighted by molar-refractivity contribution is 0.0973. The van der Waals surface area contributed by atoms with Crippen molar-refractivity contribution < 1.29 is 4.79 Å². The van der Waals surface area contributed by atoms with Crippen LogP contribution in [-0.2, 0) is 6.54 Å². The van der Waals surface area contributed by atoms with E-state index in [0.717, 1.165) is 11.1 Å². The highest BCUT2D eigenvalue weighted by atomic mass is 32.2. The monoisotopic (exact) mass is 295 g/mol. The number of ketones is 1. The summed E-state index contributed by atoms with van der Waals surface area (Å²) in [5, 5.41) is 1.21. The smallest absolute Gasteiger partial charge is 0.182 e. The first-order valence-electron chi connectivity index (χ1n) is 6.91. The van der Waals surface area contributed by atoms with Gasteiger partial charge in [-0.3, -0.25) is 4.79 Å². The Balaban J connectivity index is 1.89. The molecule has 0 radical (unpaired) electrons. The summed E-state index contributed by atoms with van der Waals surface area (Å²) in [6, 6.07) is 16.0. The number of aryl methyl sites for hydroxylation is 1. The van der Waals surface area contributed by atoms with E-state index in [4.69, 9.17) is 0 Å². The van der Waals surface area contributed by atoms with Gasteiger partial charge in [0.1, 0.15) is 0 Å². The van der Waals surface area contributed by atoms with Gasteiger partial charge in [-0.05, 0) is 36.9 Å². The molecule has 0 saturated carbocycles. The summed E-state index contributed by atoms with van der Waals surface area (Å²) in [6.45, 7) is 2.46. The Bertz CT molecular complexity index is 787. The van der Waals surface area contributed by atoms with Crippen molar-refractivity contribution in [1.29, 1.82) is 0 Å². The maximum absolute atomic E-state index is 12.4. The lowest BCUT2D eigenvalue weighted by Crippen LogP contribution is -2.09. The van der Waals surface area contributed by atoms with Gasteiger partial charge >= 0.3 is 0 Å². The van der Waals surface area contributed by atoms with Crippen molar-refractivity contribution in [3.05, 3.63) is 65.9 Å². The summed E-state index contributed by atoms with van der Waals surface area (Å²) in [5.41, 5.74) is 3.09. The van der Waals surface area contributed by atoms with E-state index in [9.17, 15) is 4.79 Å². The molecule has 0 aliphatic carbocycles. The van der Waals surface area contributed by atoms with E-state index in [1.54, 1.807) is 11.8 Å². The number of benzene rings is 2. The van der Waals surface area contributed by atoms with Crippen LogP contribution in [0.4, 0.5) is 0 Å². The number of carbonyl (C=O) groups excluding carboxylic acids is 1. The van der Waals surface area contributed by atoms with Crippen molar-refractivity contribution in [1.82, 2.24) is 4.57 Å². The second-order valence-corrected chi connectivity index (χ2v) is 5.99. The van der Waals surface area contributed by atoms with Crippen LogP contribution in [0.5, 0.6) is 0 Å². The third-order valence-electron chi connectivity index (χ3n) is 3.71. The van der Waals surface area contributed by atoms with E-state index in [-0.39, 0.29) is 5.78 Å². The van der Waals surface area contributed by atoms with Gasteiger partial charge in [0.2, 0.25) is 0 Å². The third kappa shape index (κ3) is 2.74. The van der Waals surface area contributed by atoms with Gasteiger partial charge in [0.15, 0.2) is 5.78 Å². The molecular formula is C18H17NOS. The lowest BCUT2D eigenvalue weighted by atomic mass is 10.1. The van der Waals surface area contributed by atoms with Crippen LogP contribution < -0.4 is 0 Å². The number of nitrogens with zero attached hydrogens (tertiary/aromatic N) is 1. The van der Waals surface area contributed by atoms with E-state index < -0.39 is 0 Å². The topological polar surface area (TPSA) is 22.0 Å². The van der Waals surface area contributed by atoms with Gasteiger partial charge in [-0.15, -0.1) is 11.8 Å². The van der Waals surface area contributed by atoms with E-state index in [2.05, 4.69) is 25.3 Å². The molecule has 106 valence electrons. The van der Waals surface area contributed by atoms with Gasteiger partial charge in [-0.1, -0.05) is 30.3 Å². The summed E-state index contributed by atoms with van der Waals surface area (Å²) in [5.74, 6) is 0.142. The molecule has 1 aromatic heterocycles. The van der Waals surface area contributed by atoms with Crippen molar-refractivity contribution in [2.75, 3.05) is 6.26 Å². The highest BCUT2D eigenvalue weighted by Crippen LogP contribution is 2.21. The van der Waals surface area contributed by atoms with Crippen molar-refractivity contribution >= 4 is 28.4 Å². The van der Waals surface area contributed by atoms with Crippen molar-refractivity contribution in [3.8, 4) is 0 Å². The zero-order valence-corrected chi connectivity index (χ0v) is 13.0. The van der Waals surface area contributed by atoms with E-state index in [1.807, 2.05) is 47.2 Å². The zero-order valence-electron chi connectivity index (χ0n) is 12.2. The molecule has 3 heteroatoms. The second kappa shape index (κ2) is 5.78. The molecule has 0 atom stereocenters. The summed E-state index contributed by atoms with van der Waals surface area (Å²) in [6.07, 6.45) is 4.09. The standard InChI is InChI=1S/C18H17NOS/c1-13-11-19(17-6-4-3-5-16(13)17)12-18(20)14-7-9-15(21-2)10-8-14/h3-11H,12H2,1-2H3. The number of fused-ring (bicyclic) bond motifs is 1. The maximum atomic E-state index is 12.4. The Morgan fingerprint density at radius 2 is 1.81 bits per heavy atom. The fourth-order valence-corrected chi connectivity index (χ4v) is 2.99. The fraction of sp³-hybridized carbons (Fsp3) is 0.167. The predicted octanol–water partition coefficient (Wildman–Crippen LogP) is 4.55. The molecule has 3 rings (SSSR count). The van der Waals surface area contributed by atoms with Crippen LogP contribution in [0.15, 0.2) is 59.6 Å². The molecule has 3 aromatic rings. The average molecular weight is 295 g/mol. The molecular weight excluding hydrogens is 278 g/mol. The van der Waals surface area contributed by atoms with Crippen molar-refractivity contribution in [3.63, 3.8) is 0 Å². The minimum atomic E-state index is 0.142. The molecule has 0 saturated heterocycles. The first-order valence-corrected chi connectivity index (χ1v) is 8.13. The quantitative estimate of drug-likeness (QED) is 0.520. The minimum Gasteiger partial charge on any atom is -0.339 e. The van der Waals surface area contributed by atoms with E-state index >= 15 is 0 Å². The molecule has 2 nitrogen and oxygen atoms in total. The highest BCUT2D eigenvalue weighted by Gasteiger charge is 2.10. The molecule has 2 aromatic carbocycles. The summed E-state index contributed by atoms with van der Waals surface area (Å²) in [4.78, 5) is 13.6. The van der Waals surface area contributed by atoms with Crippen LogP contribution in [0.3, 0.4) is 0 Å². The predicted molar refractivity (Wildman–Crippen MR) is 89.2 cm³/mol. The number of hydrogen-bond acceptors (Lipinski definition) is 2. The summed E-state index contributed by atoms with van der Waals surface area (Å²) < 4.78 is 2.04. The SMILES string of the molecule is CSc1ccc(C(=O)Cn2cc(C)c3ccccc32)cc1. The van der Waals surface area contributed by atoms with Gasteiger partial charge in [0, 0.05) is 27.6 Å². The highest BCUT2D eigenvalue weighted by molar-refractivity contribution is 7.98. The van der Waals surface area contributed by atoms with Gasteiger partial charge in [-0.25, -0.2) is 0 Å². The van der Waals surface area contributed by atoms with E-state index in [1.165, 1.54) is 15.8 Å². The third-order valence-corrected chi connectivity index (χ3v) is 4.46. The van der Waals surface area contributed by atoms with E-state index in [0.29, 0.717) is 6.54 Å². The number of aromatic nitrogens is 1. The van der Waals surface area contributed by atoms with Crippen LogP contribution in [0.25, 0.3) is 10.9 Å². The average Bonchev–Trinajstić information content (AvgIpc) is 2.84. The maximum Gasteiger partial charge on any atom is 0.182 e. The number of carbonyl (C=O) groups is 1. The van der Waals surface area contributed by atoms with Crippen LogP contribution >= 0.6 is 11.8 Å². The zero-order chi connectivity index (χ0) is 14.8. The number of para-hydroxylation sites is 1. The summed E-state index contributed by atoms with van der Waals surface area (Å²) in [7, 11) is 0. The Kier molecular flexibility index (Phi) is 3.84. The first-order chi connectivity index (χ1) is 10.2. The number of rotatable bonds is 4. The molecule has 0 unspecified atom stereocenters. The molecule has 21 heavy (non-hydrogen) atoms. The van der Waals surface area contributed by atoms with Gasteiger partial charge in [0.25, 0.3) is 0 Å². The van der Waals surface area contributed by atoms with Crippen LogP contribution in [0, 0.1) is 6.92 Å². The molecule has 1 heterocycles. The molecule has 0 spiro atoms. The number of Topliss-reactive ketones (excluding diaryl/α,β-unsaturated/α-hetero) is 1. The van der Waals surface area contributed by atoms with Gasteiger partial charge < -0.3 is 4.57 Å². The fourth-order valence-electron chi connectivity index (χ4n) is 2.58. The van der Waals surface area contributed by atoms with Crippen LogP contribution in [0.2, 0.25) is 0 Å². The van der Waals surface area contributed by atoms with Crippen LogP contribution in [0.1, 0.15) is 15.9 Å². The molecule has 0 aliphatic heterocycles.